The number of oxazole rings is 1. The van der Waals surface area contributed by atoms with Gasteiger partial charge in [-0.25, -0.2) is 0 Å². The van der Waals surface area contributed by atoms with Crippen molar-refractivity contribution < 1.29 is 13.9 Å². The first kappa shape index (κ1) is 18.9. The van der Waals surface area contributed by atoms with Crippen molar-refractivity contribution in [2.24, 2.45) is 5.92 Å². The van der Waals surface area contributed by atoms with Crippen molar-refractivity contribution in [3.05, 3.63) is 48.5 Å². The van der Waals surface area contributed by atoms with Crippen molar-refractivity contribution in [2.75, 3.05) is 54.5 Å². The van der Waals surface area contributed by atoms with Crippen LogP contribution in [0.3, 0.4) is 0 Å². The van der Waals surface area contributed by atoms with Gasteiger partial charge in [-0.2, -0.15) is 4.98 Å². The number of ether oxygens (including phenoxy) is 1. The van der Waals surface area contributed by atoms with Gasteiger partial charge in [0.05, 0.1) is 13.2 Å². The molecule has 156 valence electrons. The molecular formula is C23H26N4O3. The number of nitrogens with one attached hydrogen (secondary N) is 1. The van der Waals surface area contributed by atoms with Crippen LogP contribution in [0, 0.1) is 5.92 Å². The second-order valence-corrected chi connectivity index (χ2v) is 7.86. The van der Waals surface area contributed by atoms with Crippen LogP contribution in [0.2, 0.25) is 0 Å². The van der Waals surface area contributed by atoms with Gasteiger partial charge < -0.3 is 24.3 Å². The van der Waals surface area contributed by atoms with Gasteiger partial charge in [-0.3, -0.25) is 4.79 Å². The van der Waals surface area contributed by atoms with Crippen molar-refractivity contribution in [2.45, 2.75) is 12.8 Å². The number of morpholine rings is 1. The Balaban J connectivity index is 1.15. The van der Waals surface area contributed by atoms with E-state index in [1.165, 1.54) is 5.69 Å². The first-order chi connectivity index (χ1) is 14.8. The lowest BCUT2D eigenvalue weighted by Crippen LogP contribution is -2.38. The van der Waals surface area contributed by atoms with Crippen LogP contribution in [0.1, 0.15) is 12.8 Å². The minimum atomic E-state index is 0.00421. The number of carbonyl (C=O) groups excluding carboxylic acids is 1. The minimum absolute atomic E-state index is 0.00421. The summed E-state index contributed by atoms with van der Waals surface area (Å²) in [7, 11) is 0. The molecule has 0 spiro atoms. The molecule has 2 saturated heterocycles. The van der Waals surface area contributed by atoms with Crippen LogP contribution in [0.25, 0.3) is 11.1 Å². The topological polar surface area (TPSA) is 70.8 Å². The number of para-hydroxylation sites is 2. The van der Waals surface area contributed by atoms with Crippen LogP contribution in [0.5, 0.6) is 0 Å². The molecule has 1 N–H and O–H groups in total. The molecular weight excluding hydrogens is 380 g/mol. The number of benzene rings is 2. The first-order valence-electron chi connectivity index (χ1n) is 10.6. The van der Waals surface area contributed by atoms with Crippen molar-refractivity contribution >= 4 is 34.4 Å². The van der Waals surface area contributed by atoms with Crippen molar-refractivity contribution in [3.63, 3.8) is 0 Å². The van der Waals surface area contributed by atoms with Gasteiger partial charge in [0.15, 0.2) is 5.58 Å². The lowest BCUT2D eigenvalue weighted by Gasteiger charge is -2.30. The summed E-state index contributed by atoms with van der Waals surface area (Å²) in [5.41, 5.74) is 3.68. The Morgan fingerprint density at radius 1 is 0.933 bits per heavy atom. The number of amides is 1. The fourth-order valence-corrected chi connectivity index (χ4v) is 4.15. The normalized spacial score (nSPS) is 18.0. The highest BCUT2D eigenvalue weighted by Crippen LogP contribution is 2.27. The monoisotopic (exact) mass is 406 g/mol. The SMILES string of the molecule is O=C(Nc1ccc(N2CCOCC2)cc1)C1CCN(c2nc3ccccc3o2)CC1. The van der Waals surface area contributed by atoms with Crippen LogP contribution < -0.4 is 15.1 Å². The standard InChI is InChI=1S/C23H26N4O3/c28-22(24-18-5-7-19(8-6-18)26-13-15-29-16-14-26)17-9-11-27(12-10-17)23-25-20-3-1-2-4-21(20)30-23/h1-8,17H,9-16H2,(H,24,28). The summed E-state index contributed by atoms with van der Waals surface area (Å²) in [5.74, 6) is 0.0934. The maximum atomic E-state index is 12.7. The Bertz CT molecular complexity index is 970. The summed E-state index contributed by atoms with van der Waals surface area (Å²) in [6, 6.07) is 16.5. The third-order valence-corrected chi connectivity index (χ3v) is 5.93. The molecule has 3 heterocycles. The van der Waals surface area contributed by atoms with Crippen LogP contribution in [0.4, 0.5) is 17.4 Å². The maximum absolute atomic E-state index is 12.7. The molecule has 2 aromatic carbocycles. The number of hydrogen-bond acceptors (Lipinski definition) is 6. The highest BCUT2D eigenvalue weighted by atomic mass is 16.5. The van der Waals surface area contributed by atoms with E-state index < -0.39 is 0 Å². The molecule has 2 fully saturated rings. The summed E-state index contributed by atoms with van der Waals surface area (Å²) in [6.07, 6.45) is 1.58. The lowest BCUT2D eigenvalue weighted by molar-refractivity contribution is -0.120. The van der Waals surface area contributed by atoms with E-state index in [2.05, 4.69) is 32.2 Å². The summed E-state index contributed by atoms with van der Waals surface area (Å²) in [5, 5.41) is 3.08. The highest BCUT2D eigenvalue weighted by molar-refractivity contribution is 5.92. The number of hydrogen-bond donors (Lipinski definition) is 1. The van der Waals surface area contributed by atoms with Gasteiger partial charge in [-0.1, -0.05) is 12.1 Å². The van der Waals surface area contributed by atoms with Crippen LogP contribution in [0.15, 0.2) is 52.9 Å². The van der Waals surface area contributed by atoms with Crippen LogP contribution in [-0.4, -0.2) is 50.3 Å². The van der Waals surface area contributed by atoms with E-state index >= 15 is 0 Å². The Hall–Kier alpha value is -3.06. The van der Waals surface area contributed by atoms with E-state index in [4.69, 9.17) is 9.15 Å². The molecule has 2 aliphatic heterocycles. The second kappa shape index (κ2) is 8.36. The molecule has 3 aromatic rings. The Labute approximate surface area is 175 Å². The first-order valence-corrected chi connectivity index (χ1v) is 10.6. The Morgan fingerprint density at radius 2 is 1.67 bits per heavy atom. The molecule has 7 heteroatoms. The lowest BCUT2D eigenvalue weighted by atomic mass is 9.96. The zero-order valence-corrected chi connectivity index (χ0v) is 16.9. The molecule has 30 heavy (non-hydrogen) atoms. The van der Waals surface area contributed by atoms with E-state index in [-0.39, 0.29) is 11.8 Å². The summed E-state index contributed by atoms with van der Waals surface area (Å²) < 4.78 is 11.3. The van der Waals surface area contributed by atoms with Gasteiger partial charge in [0.1, 0.15) is 5.52 Å². The van der Waals surface area contributed by atoms with E-state index in [1.54, 1.807) is 0 Å². The van der Waals surface area contributed by atoms with E-state index in [1.807, 2.05) is 36.4 Å². The number of carbonyl (C=O) groups is 1. The second-order valence-electron chi connectivity index (χ2n) is 7.86. The van der Waals surface area contributed by atoms with Gasteiger partial charge in [0, 0.05) is 43.5 Å². The highest BCUT2D eigenvalue weighted by Gasteiger charge is 2.27. The molecule has 1 aromatic heterocycles. The van der Waals surface area contributed by atoms with E-state index in [0.29, 0.717) is 6.01 Å². The smallest absolute Gasteiger partial charge is 0.298 e. The number of aromatic nitrogens is 1. The molecule has 0 bridgehead atoms. The number of fused-ring (bicyclic) bond motifs is 1. The average molecular weight is 406 g/mol. The quantitative estimate of drug-likeness (QED) is 0.715. The number of anilines is 3. The van der Waals surface area contributed by atoms with Crippen molar-refractivity contribution in [1.29, 1.82) is 0 Å². The zero-order chi connectivity index (χ0) is 20.3. The van der Waals surface area contributed by atoms with Gasteiger partial charge in [-0.15, -0.1) is 0 Å². The Kier molecular flexibility index (Phi) is 5.27. The predicted molar refractivity (Wildman–Crippen MR) is 117 cm³/mol. The zero-order valence-electron chi connectivity index (χ0n) is 16.9. The fraction of sp³-hybridized carbons (Fsp3) is 0.391. The van der Waals surface area contributed by atoms with Crippen LogP contribution >= 0.6 is 0 Å². The summed E-state index contributed by atoms with van der Waals surface area (Å²) >= 11 is 0. The van der Waals surface area contributed by atoms with Gasteiger partial charge in [-0.05, 0) is 49.2 Å². The number of piperidine rings is 1. The Morgan fingerprint density at radius 3 is 2.40 bits per heavy atom. The summed E-state index contributed by atoms with van der Waals surface area (Å²) in [6.45, 7) is 4.87. The van der Waals surface area contributed by atoms with Crippen molar-refractivity contribution in [1.82, 2.24) is 4.98 Å². The molecule has 7 nitrogen and oxygen atoms in total. The number of rotatable bonds is 4. The van der Waals surface area contributed by atoms with Crippen molar-refractivity contribution in [3.8, 4) is 0 Å². The van der Waals surface area contributed by atoms with Gasteiger partial charge in [0.25, 0.3) is 6.01 Å². The minimum Gasteiger partial charge on any atom is -0.423 e. The molecule has 0 atom stereocenters. The molecule has 0 unspecified atom stereocenters. The van der Waals surface area contributed by atoms with Gasteiger partial charge in [0.2, 0.25) is 5.91 Å². The third-order valence-electron chi connectivity index (χ3n) is 5.93. The number of nitrogens with zero attached hydrogens (tertiary/aromatic N) is 3. The van der Waals surface area contributed by atoms with Gasteiger partial charge >= 0.3 is 0 Å². The average Bonchev–Trinajstić information content (AvgIpc) is 3.25. The predicted octanol–water partition coefficient (Wildman–Crippen LogP) is 3.52. The molecule has 5 rings (SSSR count). The fourth-order valence-electron chi connectivity index (χ4n) is 4.15. The maximum Gasteiger partial charge on any atom is 0.298 e. The largest absolute Gasteiger partial charge is 0.423 e. The third kappa shape index (κ3) is 3.98. The van der Waals surface area contributed by atoms with E-state index in [0.717, 1.165) is 69.0 Å². The molecule has 2 aliphatic rings. The summed E-state index contributed by atoms with van der Waals surface area (Å²) in [4.78, 5) is 21.7. The van der Waals surface area contributed by atoms with Crippen LogP contribution in [-0.2, 0) is 9.53 Å². The molecule has 0 aliphatic carbocycles. The van der Waals surface area contributed by atoms with E-state index in [9.17, 15) is 4.79 Å². The molecule has 1 amide bonds. The molecule has 0 radical (unpaired) electrons. The molecule has 0 saturated carbocycles.